The molecule has 108 valence electrons. The number of pyridine rings is 1. The first kappa shape index (κ1) is 15.0. The fourth-order valence-corrected chi connectivity index (χ4v) is 1.82. The van der Waals surface area contributed by atoms with E-state index in [1.165, 1.54) is 24.3 Å². The van der Waals surface area contributed by atoms with E-state index in [-0.39, 0.29) is 27.3 Å². The van der Waals surface area contributed by atoms with E-state index in [0.29, 0.717) is 0 Å². The van der Waals surface area contributed by atoms with Gasteiger partial charge in [0.15, 0.2) is 0 Å². The van der Waals surface area contributed by atoms with Gasteiger partial charge in [0.05, 0.1) is 9.95 Å². The van der Waals surface area contributed by atoms with E-state index in [2.05, 4.69) is 10.3 Å². The topological polar surface area (TPSA) is 105 Å². The number of nitro groups is 1. The van der Waals surface area contributed by atoms with Crippen LogP contribution in [0.5, 0.6) is 5.75 Å². The van der Waals surface area contributed by atoms with Gasteiger partial charge in [-0.3, -0.25) is 14.9 Å². The number of carbonyl (C=O) groups is 1. The predicted molar refractivity (Wildman–Crippen MR) is 77.0 cm³/mol. The molecule has 2 aromatic rings. The molecule has 0 aliphatic heterocycles. The number of amides is 1. The van der Waals surface area contributed by atoms with Crippen molar-refractivity contribution in [1.82, 2.24) is 4.98 Å². The minimum absolute atomic E-state index is 0.000335. The second-order valence-electron chi connectivity index (χ2n) is 3.88. The molecule has 1 aromatic carbocycles. The summed E-state index contributed by atoms with van der Waals surface area (Å²) < 4.78 is 0. The third-order valence-corrected chi connectivity index (χ3v) is 2.99. The molecule has 0 atom stereocenters. The summed E-state index contributed by atoms with van der Waals surface area (Å²) in [5.74, 6) is -1.13. The molecule has 7 nitrogen and oxygen atoms in total. The van der Waals surface area contributed by atoms with Gasteiger partial charge in [-0.25, -0.2) is 4.98 Å². The van der Waals surface area contributed by atoms with Gasteiger partial charge >= 0.3 is 5.69 Å². The summed E-state index contributed by atoms with van der Waals surface area (Å²) in [7, 11) is 0. The number of aromatic nitrogens is 1. The number of phenols is 1. The van der Waals surface area contributed by atoms with E-state index in [1.54, 1.807) is 0 Å². The summed E-state index contributed by atoms with van der Waals surface area (Å²) in [6.07, 6.45) is 0. The van der Waals surface area contributed by atoms with E-state index in [1.807, 2.05) is 0 Å². The highest BCUT2D eigenvalue weighted by Crippen LogP contribution is 2.26. The molecular weight excluding hydrogens is 321 g/mol. The van der Waals surface area contributed by atoms with Crippen LogP contribution in [0.2, 0.25) is 10.2 Å². The lowest BCUT2D eigenvalue weighted by molar-refractivity contribution is -0.384. The lowest BCUT2D eigenvalue weighted by atomic mass is 10.2. The van der Waals surface area contributed by atoms with Crippen molar-refractivity contribution < 1.29 is 14.8 Å². The molecule has 0 aliphatic rings. The number of halogens is 2. The number of aromatic hydroxyl groups is 1. The standard InChI is InChI=1S/C12H7Cl2N3O4/c13-7-5-6(1-3-9(7)18)12(19)16-11-8(17(20)21)2-4-10(14)15-11/h1-5,18H,(H,15,16,19). The van der Waals surface area contributed by atoms with Crippen LogP contribution in [0.25, 0.3) is 0 Å². The molecule has 0 aliphatic carbocycles. The normalized spacial score (nSPS) is 10.2. The van der Waals surface area contributed by atoms with Gasteiger partial charge in [-0.2, -0.15) is 0 Å². The summed E-state index contributed by atoms with van der Waals surface area (Å²) in [6.45, 7) is 0. The molecule has 0 fully saturated rings. The van der Waals surface area contributed by atoms with E-state index in [4.69, 9.17) is 23.2 Å². The molecule has 0 saturated heterocycles. The molecule has 0 bridgehead atoms. The summed E-state index contributed by atoms with van der Waals surface area (Å²) in [5.41, 5.74) is -0.286. The smallest absolute Gasteiger partial charge is 0.311 e. The van der Waals surface area contributed by atoms with Crippen LogP contribution in [0, 0.1) is 10.1 Å². The first-order valence-electron chi connectivity index (χ1n) is 5.49. The van der Waals surface area contributed by atoms with Crippen molar-refractivity contribution in [3.63, 3.8) is 0 Å². The maximum Gasteiger partial charge on any atom is 0.311 e. The third kappa shape index (κ3) is 3.39. The molecule has 9 heteroatoms. The van der Waals surface area contributed by atoms with E-state index in [0.717, 1.165) is 6.07 Å². The Morgan fingerprint density at radius 1 is 1.29 bits per heavy atom. The molecule has 2 N–H and O–H groups in total. The number of rotatable bonds is 3. The van der Waals surface area contributed by atoms with Crippen molar-refractivity contribution in [3.05, 3.63) is 56.2 Å². The number of benzene rings is 1. The summed E-state index contributed by atoms with van der Waals surface area (Å²) >= 11 is 11.4. The van der Waals surface area contributed by atoms with Crippen LogP contribution in [-0.2, 0) is 0 Å². The lowest BCUT2D eigenvalue weighted by Gasteiger charge is -2.06. The number of phenolic OH excluding ortho intramolecular Hbond substituents is 1. The summed E-state index contributed by atoms with van der Waals surface area (Å²) in [4.78, 5) is 25.9. The van der Waals surface area contributed by atoms with Gasteiger partial charge in [0.25, 0.3) is 5.91 Å². The SMILES string of the molecule is O=C(Nc1nc(Cl)ccc1[N+](=O)[O-])c1ccc(O)c(Cl)c1. The van der Waals surface area contributed by atoms with Crippen LogP contribution in [0.3, 0.4) is 0 Å². The van der Waals surface area contributed by atoms with Crippen LogP contribution in [0.15, 0.2) is 30.3 Å². The van der Waals surface area contributed by atoms with Crippen LogP contribution in [-0.4, -0.2) is 20.9 Å². The van der Waals surface area contributed by atoms with Gasteiger partial charge in [0, 0.05) is 11.6 Å². The Hall–Kier alpha value is -2.38. The minimum Gasteiger partial charge on any atom is -0.506 e. The Bertz CT molecular complexity index is 736. The number of hydrogen-bond donors (Lipinski definition) is 2. The van der Waals surface area contributed by atoms with Gasteiger partial charge in [-0.1, -0.05) is 23.2 Å². The lowest BCUT2D eigenvalue weighted by Crippen LogP contribution is -2.14. The molecule has 0 saturated carbocycles. The Morgan fingerprint density at radius 2 is 2.00 bits per heavy atom. The second kappa shape index (κ2) is 5.94. The molecule has 1 aromatic heterocycles. The van der Waals surface area contributed by atoms with E-state index in [9.17, 15) is 20.0 Å². The number of nitrogens with one attached hydrogen (secondary N) is 1. The molecule has 0 radical (unpaired) electrons. The molecule has 1 amide bonds. The van der Waals surface area contributed by atoms with Crippen molar-refractivity contribution in [2.24, 2.45) is 0 Å². The number of nitrogens with zero attached hydrogens (tertiary/aromatic N) is 2. The van der Waals surface area contributed by atoms with Crippen molar-refractivity contribution in [1.29, 1.82) is 0 Å². The highest BCUT2D eigenvalue weighted by Gasteiger charge is 2.19. The molecule has 0 unspecified atom stereocenters. The van der Waals surface area contributed by atoms with Crippen LogP contribution in [0.4, 0.5) is 11.5 Å². The molecule has 2 rings (SSSR count). The zero-order chi connectivity index (χ0) is 15.6. The minimum atomic E-state index is -0.692. The number of hydrogen-bond acceptors (Lipinski definition) is 5. The molecule has 1 heterocycles. The number of carbonyl (C=O) groups excluding carboxylic acids is 1. The average Bonchev–Trinajstić information content (AvgIpc) is 2.41. The molecular formula is C12H7Cl2N3O4. The van der Waals surface area contributed by atoms with Crippen LogP contribution >= 0.6 is 23.2 Å². The number of anilines is 1. The maximum absolute atomic E-state index is 12.0. The Kier molecular flexibility index (Phi) is 4.25. The average molecular weight is 328 g/mol. The van der Waals surface area contributed by atoms with Gasteiger partial charge in [-0.05, 0) is 24.3 Å². The van der Waals surface area contributed by atoms with Gasteiger partial charge < -0.3 is 10.4 Å². The Morgan fingerprint density at radius 3 is 2.62 bits per heavy atom. The molecule has 0 spiro atoms. The first-order valence-corrected chi connectivity index (χ1v) is 6.25. The van der Waals surface area contributed by atoms with Gasteiger partial charge in [0.2, 0.25) is 5.82 Å². The zero-order valence-electron chi connectivity index (χ0n) is 10.2. The Labute approximate surface area is 128 Å². The fraction of sp³-hybridized carbons (Fsp3) is 0. The van der Waals surface area contributed by atoms with Crippen molar-refractivity contribution in [2.45, 2.75) is 0 Å². The monoisotopic (exact) mass is 327 g/mol. The van der Waals surface area contributed by atoms with E-state index >= 15 is 0 Å². The fourth-order valence-electron chi connectivity index (χ4n) is 1.50. The van der Waals surface area contributed by atoms with Crippen molar-refractivity contribution >= 4 is 40.6 Å². The second-order valence-corrected chi connectivity index (χ2v) is 4.67. The van der Waals surface area contributed by atoms with Crippen LogP contribution in [0.1, 0.15) is 10.4 Å². The van der Waals surface area contributed by atoms with Crippen LogP contribution < -0.4 is 5.32 Å². The quantitative estimate of drug-likeness (QED) is 0.511. The zero-order valence-corrected chi connectivity index (χ0v) is 11.7. The van der Waals surface area contributed by atoms with Gasteiger partial charge in [0.1, 0.15) is 10.9 Å². The van der Waals surface area contributed by atoms with Gasteiger partial charge in [-0.15, -0.1) is 0 Å². The first-order chi connectivity index (χ1) is 9.88. The van der Waals surface area contributed by atoms with Crippen molar-refractivity contribution in [3.8, 4) is 5.75 Å². The predicted octanol–water partition coefficient (Wildman–Crippen LogP) is 3.25. The highest BCUT2D eigenvalue weighted by molar-refractivity contribution is 6.32. The summed E-state index contributed by atoms with van der Waals surface area (Å²) in [6, 6.07) is 6.15. The van der Waals surface area contributed by atoms with Crippen molar-refractivity contribution in [2.75, 3.05) is 5.32 Å². The Balaban J connectivity index is 2.33. The maximum atomic E-state index is 12.0. The molecule has 21 heavy (non-hydrogen) atoms. The highest BCUT2D eigenvalue weighted by atomic mass is 35.5. The van der Waals surface area contributed by atoms with E-state index < -0.39 is 16.5 Å². The largest absolute Gasteiger partial charge is 0.506 e. The third-order valence-electron chi connectivity index (χ3n) is 2.48. The summed E-state index contributed by atoms with van der Waals surface area (Å²) in [5, 5.41) is 22.4.